The third kappa shape index (κ3) is 5.27. The van der Waals surface area contributed by atoms with Gasteiger partial charge < -0.3 is 15.0 Å². The maximum absolute atomic E-state index is 12.6. The lowest BCUT2D eigenvalue weighted by molar-refractivity contribution is 0.0601. The van der Waals surface area contributed by atoms with Gasteiger partial charge in [-0.1, -0.05) is 36.2 Å². The second-order valence-electron chi connectivity index (χ2n) is 8.44. The quantitative estimate of drug-likeness (QED) is 0.410. The number of aryl methyl sites for hydroxylation is 2. The number of methoxy groups -OCH3 is 1. The molecule has 0 unspecified atom stereocenters. The Morgan fingerprint density at radius 1 is 1.10 bits per heavy atom. The van der Waals surface area contributed by atoms with E-state index in [1.165, 1.54) is 41.5 Å². The SMILES string of the molecule is COC(=O)c1c(NC(=S)N2CCN(Cc3ccc(C)cc3)CC2)sc2c1CCCCC2. The molecule has 4 rings (SSSR count). The molecule has 7 heteroatoms. The van der Waals surface area contributed by atoms with Crippen LogP contribution in [0.15, 0.2) is 24.3 Å². The van der Waals surface area contributed by atoms with Crippen molar-refractivity contribution in [3.8, 4) is 0 Å². The molecular formula is C24H31N3O2S2. The molecule has 0 bridgehead atoms. The predicted molar refractivity (Wildman–Crippen MR) is 131 cm³/mol. The number of hydrogen-bond acceptors (Lipinski definition) is 5. The number of thiophene rings is 1. The van der Waals surface area contributed by atoms with Gasteiger partial charge in [-0.2, -0.15) is 0 Å². The van der Waals surface area contributed by atoms with Crippen LogP contribution in [-0.4, -0.2) is 54.2 Å². The van der Waals surface area contributed by atoms with Gasteiger partial charge in [0.2, 0.25) is 0 Å². The van der Waals surface area contributed by atoms with Gasteiger partial charge in [0, 0.05) is 37.6 Å². The summed E-state index contributed by atoms with van der Waals surface area (Å²) in [6.07, 6.45) is 5.51. The fourth-order valence-electron chi connectivity index (χ4n) is 4.39. The first-order valence-electron chi connectivity index (χ1n) is 11.1. The van der Waals surface area contributed by atoms with Gasteiger partial charge in [-0.3, -0.25) is 4.90 Å². The zero-order valence-electron chi connectivity index (χ0n) is 18.4. The molecule has 1 N–H and O–H groups in total. The second-order valence-corrected chi connectivity index (χ2v) is 9.93. The third-order valence-corrected chi connectivity index (χ3v) is 7.79. The molecule has 1 aromatic heterocycles. The van der Waals surface area contributed by atoms with Crippen molar-refractivity contribution >= 4 is 39.6 Å². The number of thiocarbonyl (C=S) groups is 1. The van der Waals surface area contributed by atoms with Crippen LogP contribution in [-0.2, 0) is 24.1 Å². The highest BCUT2D eigenvalue weighted by molar-refractivity contribution is 7.80. The lowest BCUT2D eigenvalue weighted by atomic mass is 10.1. The number of esters is 1. The summed E-state index contributed by atoms with van der Waals surface area (Å²) in [5, 5.41) is 4.96. The number of nitrogens with zero attached hydrogens (tertiary/aromatic N) is 2. The van der Waals surface area contributed by atoms with Gasteiger partial charge in [-0.15, -0.1) is 11.3 Å². The van der Waals surface area contributed by atoms with Gasteiger partial charge >= 0.3 is 5.97 Å². The number of piperazine rings is 1. The smallest absolute Gasteiger partial charge is 0.341 e. The van der Waals surface area contributed by atoms with E-state index < -0.39 is 0 Å². The van der Waals surface area contributed by atoms with Gasteiger partial charge in [0.1, 0.15) is 5.00 Å². The maximum atomic E-state index is 12.6. The number of benzene rings is 1. The third-order valence-electron chi connectivity index (χ3n) is 6.22. The highest BCUT2D eigenvalue weighted by Gasteiger charge is 2.27. The van der Waals surface area contributed by atoms with Crippen molar-refractivity contribution in [1.29, 1.82) is 0 Å². The summed E-state index contributed by atoms with van der Waals surface area (Å²) < 4.78 is 5.11. The Labute approximate surface area is 194 Å². The van der Waals surface area contributed by atoms with Crippen LogP contribution in [0.3, 0.4) is 0 Å². The molecule has 0 amide bonds. The molecule has 1 saturated heterocycles. The zero-order chi connectivity index (χ0) is 21.8. The van der Waals surface area contributed by atoms with E-state index in [-0.39, 0.29) is 5.97 Å². The minimum Gasteiger partial charge on any atom is -0.465 e. The summed E-state index contributed by atoms with van der Waals surface area (Å²) in [6.45, 7) is 6.81. The Hall–Kier alpha value is -1.96. The maximum Gasteiger partial charge on any atom is 0.341 e. The predicted octanol–water partition coefficient (Wildman–Crippen LogP) is 4.63. The van der Waals surface area contributed by atoms with E-state index in [4.69, 9.17) is 17.0 Å². The summed E-state index contributed by atoms with van der Waals surface area (Å²) >= 11 is 7.42. The van der Waals surface area contributed by atoms with Gasteiger partial charge in [0.05, 0.1) is 12.7 Å². The fraction of sp³-hybridized carbons (Fsp3) is 0.500. The summed E-state index contributed by atoms with van der Waals surface area (Å²) in [5.41, 5.74) is 4.51. The molecule has 0 radical (unpaired) electrons. The van der Waals surface area contributed by atoms with Crippen molar-refractivity contribution in [2.24, 2.45) is 0 Å². The number of ether oxygens (including phenoxy) is 1. The number of anilines is 1. The van der Waals surface area contributed by atoms with E-state index >= 15 is 0 Å². The molecule has 1 fully saturated rings. The average molecular weight is 458 g/mol. The largest absolute Gasteiger partial charge is 0.465 e. The number of carbonyl (C=O) groups excluding carboxylic acids is 1. The number of carbonyl (C=O) groups is 1. The minimum atomic E-state index is -0.257. The topological polar surface area (TPSA) is 44.8 Å². The first-order chi connectivity index (χ1) is 15.0. The molecule has 0 spiro atoms. The van der Waals surface area contributed by atoms with Crippen LogP contribution in [0.1, 0.15) is 51.2 Å². The lowest BCUT2D eigenvalue weighted by Gasteiger charge is -2.36. The Morgan fingerprint density at radius 2 is 1.81 bits per heavy atom. The Kier molecular flexibility index (Phi) is 7.25. The molecule has 2 aliphatic rings. The standard InChI is InChI=1S/C24H31N3O2S2/c1-17-8-10-18(11-9-17)16-26-12-14-27(15-13-26)24(30)25-22-21(23(28)29-2)19-6-4-3-5-7-20(19)31-22/h8-11H,3-7,12-16H2,1-2H3,(H,25,30). The molecule has 1 aliphatic heterocycles. The molecule has 2 aromatic rings. The van der Waals surface area contributed by atoms with Crippen molar-refractivity contribution in [3.63, 3.8) is 0 Å². The number of fused-ring (bicyclic) bond motifs is 1. The minimum absolute atomic E-state index is 0.257. The molecule has 1 aliphatic carbocycles. The molecule has 0 saturated carbocycles. The molecule has 0 atom stereocenters. The summed E-state index contributed by atoms with van der Waals surface area (Å²) in [4.78, 5) is 18.6. The van der Waals surface area contributed by atoms with Crippen LogP contribution < -0.4 is 5.32 Å². The Morgan fingerprint density at radius 3 is 2.52 bits per heavy atom. The van der Waals surface area contributed by atoms with E-state index in [1.807, 2.05) is 0 Å². The van der Waals surface area contributed by atoms with Crippen molar-refractivity contribution in [3.05, 3.63) is 51.4 Å². The lowest BCUT2D eigenvalue weighted by Crippen LogP contribution is -2.49. The van der Waals surface area contributed by atoms with Crippen molar-refractivity contribution < 1.29 is 9.53 Å². The molecule has 31 heavy (non-hydrogen) atoms. The molecule has 5 nitrogen and oxygen atoms in total. The van der Waals surface area contributed by atoms with Crippen LogP contribution in [0.25, 0.3) is 0 Å². The summed E-state index contributed by atoms with van der Waals surface area (Å²) in [7, 11) is 1.46. The number of rotatable bonds is 4. The van der Waals surface area contributed by atoms with Crippen LogP contribution in [0.5, 0.6) is 0 Å². The van der Waals surface area contributed by atoms with Gasteiger partial charge in [0.25, 0.3) is 0 Å². The molecular weight excluding hydrogens is 426 g/mol. The van der Waals surface area contributed by atoms with Crippen molar-refractivity contribution in [2.45, 2.75) is 45.6 Å². The van der Waals surface area contributed by atoms with Crippen molar-refractivity contribution in [2.75, 3.05) is 38.6 Å². The molecule has 2 heterocycles. The van der Waals surface area contributed by atoms with Gasteiger partial charge in [-0.25, -0.2) is 4.79 Å². The molecule has 1 aromatic carbocycles. The number of nitrogens with one attached hydrogen (secondary N) is 1. The Balaban J connectivity index is 1.39. The number of hydrogen-bond donors (Lipinski definition) is 1. The van der Waals surface area contributed by atoms with E-state index in [9.17, 15) is 4.79 Å². The normalized spacial score (nSPS) is 17.0. The fourth-order valence-corrected chi connectivity index (χ4v) is 6.01. The van der Waals surface area contributed by atoms with E-state index in [0.29, 0.717) is 10.7 Å². The summed E-state index contributed by atoms with van der Waals surface area (Å²) in [6, 6.07) is 8.77. The summed E-state index contributed by atoms with van der Waals surface area (Å²) in [5.74, 6) is -0.257. The highest BCUT2D eigenvalue weighted by atomic mass is 32.1. The van der Waals surface area contributed by atoms with Crippen molar-refractivity contribution in [1.82, 2.24) is 9.80 Å². The monoisotopic (exact) mass is 457 g/mol. The van der Waals surface area contributed by atoms with E-state index in [2.05, 4.69) is 46.3 Å². The zero-order valence-corrected chi connectivity index (χ0v) is 20.0. The highest BCUT2D eigenvalue weighted by Crippen LogP contribution is 2.38. The first kappa shape index (κ1) is 22.2. The van der Waals surface area contributed by atoms with Crippen LogP contribution in [0, 0.1) is 6.92 Å². The van der Waals surface area contributed by atoms with Crippen LogP contribution in [0.2, 0.25) is 0 Å². The van der Waals surface area contributed by atoms with E-state index in [0.717, 1.165) is 57.0 Å². The first-order valence-corrected chi connectivity index (χ1v) is 12.3. The van der Waals surface area contributed by atoms with Gasteiger partial charge in [-0.05, 0) is 56.0 Å². The molecule has 166 valence electrons. The van der Waals surface area contributed by atoms with Crippen LogP contribution in [0.4, 0.5) is 5.00 Å². The van der Waals surface area contributed by atoms with Crippen LogP contribution >= 0.6 is 23.6 Å². The van der Waals surface area contributed by atoms with E-state index in [1.54, 1.807) is 11.3 Å². The average Bonchev–Trinajstić information content (AvgIpc) is 2.95. The second kappa shape index (κ2) is 10.1. The van der Waals surface area contributed by atoms with Gasteiger partial charge in [0.15, 0.2) is 5.11 Å². The Bertz CT molecular complexity index is 931.